The fourth-order valence-corrected chi connectivity index (χ4v) is 2.98. The Morgan fingerprint density at radius 2 is 1.46 bits per heavy atom. The molecule has 1 aromatic heterocycles. The van der Waals surface area contributed by atoms with Crippen molar-refractivity contribution >= 4 is 12.6 Å². The van der Waals surface area contributed by atoms with Gasteiger partial charge in [0.05, 0.1) is 16.9 Å². The van der Waals surface area contributed by atoms with Crippen LogP contribution in [0.5, 0.6) is 0 Å². The van der Waals surface area contributed by atoms with Gasteiger partial charge in [-0.15, -0.1) is 0 Å². The van der Waals surface area contributed by atoms with Gasteiger partial charge in [0, 0.05) is 11.3 Å². The molecule has 0 N–H and O–H groups in total. The maximum atomic E-state index is 6.16. The Balaban J connectivity index is 1.96. The molecular formula is C20H26BNO2. The number of nitrogens with zero attached hydrogens (tertiary/aromatic N) is 1. The van der Waals surface area contributed by atoms with Gasteiger partial charge < -0.3 is 9.31 Å². The molecule has 0 atom stereocenters. The molecule has 1 aliphatic rings. The van der Waals surface area contributed by atoms with E-state index in [1.807, 2.05) is 13.0 Å². The van der Waals surface area contributed by atoms with E-state index >= 15 is 0 Å². The van der Waals surface area contributed by atoms with Gasteiger partial charge in [-0.1, -0.05) is 24.3 Å². The van der Waals surface area contributed by atoms with Gasteiger partial charge in [-0.05, 0) is 71.1 Å². The minimum atomic E-state index is -0.325. The molecule has 24 heavy (non-hydrogen) atoms. The Morgan fingerprint density at radius 1 is 0.833 bits per heavy atom. The van der Waals surface area contributed by atoms with Gasteiger partial charge in [-0.25, -0.2) is 0 Å². The maximum absolute atomic E-state index is 6.16. The Morgan fingerprint density at radius 3 is 2.04 bits per heavy atom. The molecule has 2 heterocycles. The molecule has 0 unspecified atom stereocenters. The van der Waals surface area contributed by atoms with E-state index in [2.05, 4.69) is 65.8 Å². The average molecular weight is 323 g/mol. The molecule has 3 nitrogen and oxygen atoms in total. The van der Waals surface area contributed by atoms with E-state index in [0.29, 0.717) is 0 Å². The first-order valence-electron chi connectivity index (χ1n) is 8.51. The van der Waals surface area contributed by atoms with Gasteiger partial charge >= 0.3 is 7.12 Å². The van der Waals surface area contributed by atoms with Gasteiger partial charge in [-0.2, -0.15) is 0 Å². The number of hydrogen-bond acceptors (Lipinski definition) is 3. The second-order valence-electron chi connectivity index (χ2n) is 7.78. The second-order valence-corrected chi connectivity index (χ2v) is 7.78. The highest BCUT2D eigenvalue weighted by molar-refractivity contribution is 6.62. The van der Waals surface area contributed by atoms with Crippen LogP contribution in [-0.2, 0) is 9.31 Å². The summed E-state index contributed by atoms with van der Waals surface area (Å²) < 4.78 is 12.3. The van der Waals surface area contributed by atoms with Crippen molar-refractivity contribution in [2.45, 2.75) is 59.7 Å². The minimum absolute atomic E-state index is 0.321. The summed E-state index contributed by atoms with van der Waals surface area (Å²) >= 11 is 0. The number of aryl methyl sites for hydroxylation is 3. The molecule has 0 radical (unpaired) electrons. The number of rotatable bonds is 2. The third-order valence-electron chi connectivity index (χ3n) is 5.27. The number of aromatic nitrogens is 1. The van der Waals surface area contributed by atoms with E-state index in [-0.39, 0.29) is 18.3 Å². The van der Waals surface area contributed by atoms with E-state index < -0.39 is 0 Å². The molecule has 1 saturated heterocycles. The van der Waals surface area contributed by atoms with Crippen LogP contribution in [-0.4, -0.2) is 23.3 Å². The standard InChI is InChI=1S/C20H26BNO2/c1-13-8-9-15(3)22-18(13)17-11-10-16(12-14(17)2)21-23-19(4,5)20(6,7)24-21/h8-12H,1-7H3. The summed E-state index contributed by atoms with van der Waals surface area (Å²) in [5, 5.41) is 0. The lowest BCUT2D eigenvalue weighted by molar-refractivity contribution is 0.00578. The van der Waals surface area contributed by atoms with Gasteiger partial charge in [0.25, 0.3) is 0 Å². The first-order chi connectivity index (χ1) is 11.1. The Kier molecular flexibility index (Phi) is 4.09. The van der Waals surface area contributed by atoms with E-state index in [9.17, 15) is 0 Å². The zero-order valence-corrected chi connectivity index (χ0v) is 15.7. The van der Waals surface area contributed by atoms with Crippen molar-refractivity contribution in [1.29, 1.82) is 0 Å². The van der Waals surface area contributed by atoms with Crippen molar-refractivity contribution < 1.29 is 9.31 Å². The van der Waals surface area contributed by atoms with Crippen molar-refractivity contribution in [3.05, 3.63) is 47.2 Å². The van der Waals surface area contributed by atoms with Crippen molar-refractivity contribution in [3.8, 4) is 11.3 Å². The fourth-order valence-electron chi connectivity index (χ4n) is 2.98. The zero-order chi connectivity index (χ0) is 17.7. The molecule has 2 aromatic rings. The first-order valence-corrected chi connectivity index (χ1v) is 8.51. The predicted molar refractivity (Wildman–Crippen MR) is 99.6 cm³/mol. The largest absolute Gasteiger partial charge is 0.494 e. The SMILES string of the molecule is Cc1ccc(C)c(-c2ccc(B3OC(C)(C)C(C)(C)O3)cc2C)n1. The topological polar surface area (TPSA) is 31.4 Å². The third kappa shape index (κ3) is 2.89. The predicted octanol–water partition coefficient (Wildman–Crippen LogP) is 3.97. The van der Waals surface area contributed by atoms with Crippen LogP contribution in [0.25, 0.3) is 11.3 Å². The summed E-state index contributed by atoms with van der Waals surface area (Å²) in [6.07, 6.45) is 0. The Hall–Kier alpha value is -1.65. The molecule has 0 bridgehead atoms. The lowest BCUT2D eigenvalue weighted by Crippen LogP contribution is -2.41. The van der Waals surface area contributed by atoms with Crippen LogP contribution >= 0.6 is 0 Å². The minimum Gasteiger partial charge on any atom is -0.399 e. The van der Waals surface area contributed by atoms with Crippen molar-refractivity contribution in [2.75, 3.05) is 0 Å². The summed E-state index contributed by atoms with van der Waals surface area (Å²) in [6, 6.07) is 10.5. The smallest absolute Gasteiger partial charge is 0.399 e. The molecule has 0 spiro atoms. The van der Waals surface area contributed by atoms with E-state index in [1.54, 1.807) is 0 Å². The lowest BCUT2D eigenvalue weighted by Gasteiger charge is -2.32. The molecule has 1 fully saturated rings. The first kappa shape index (κ1) is 17.2. The van der Waals surface area contributed by atoms with Crippen LogP contribution < -0.4 is 5.46 Å². The molecule has 3 rings (SSSR count). The molecule has 1 aromatic carbocycles. The second kappa shape index (κ2) is 5.71. The highest BCUT2D eigenvalue weighted by Gasteiger charge is 2.51. The van der Waals surface area contributed by atoms with Gasteiger partial charge in [0.1, 0.15) is 0 Å². The van der Waals surface area contributed by atoms with Crippen molar-refractivity contribution in [2.24, 2.45) is 0 Å². The summed E-state index contributed by atoms with van der Waals surface area (Å²) in [5.41, 5.74) is 6.03. The van der Waals surface area contributed by atoms with Crippen LogP contribution in [0, 0.1) is 20.8 Å². The number of benzene rings is 1. The summed E-state index contributed by atoms with van der Waals surface area (Å²) in [5.74, 6) is 0. The quantitative estimate of drug-likeness (QED) is 0.784. The van der Waals surface area contributed by atoms with Crippen LogP contribution in [0.15, 0.2) is 30.3 Å². The molecule has 0 amide bonds. The van der Waals surface area contributed by atoms with E-state index in [1.165, 1.54) is 11.1 Å². The van der Waals surface area contributed by atoms with Gasteiger partial charge in [0.2, 0.25) is 0 Å². The average Bonchev–Trinajstić information content (AvgIpc) is 2.70. The Bertz CT molecular complexity index is 767. The maximum Gasteiger partial charge on any atom is 0.494 e. The van der Waals surface area contributed by atoms with Crippen LogP contribution in [0.4, 0.5) is 0 Å². The molecule has 0 saturated carbocycles. The van der Waals surface area contributed by atoms with Gasteiger partial charge in [-0.3, -0.25) is 4.98 Å². The van der Waals surface area contributed by atoms with Gasteiger partial charge in [0.15, 0.2) is 0 Å². The molecule has 4 heteroatoms. The van der Waals surface area contributed by atoms with Crippen molar-refractivity contribution in [3.63, 3.8) is 0 Å². The van der Waals surface area contributed by atoms with Crippen LogP contribution in [0.3, 0.4) is 0 Å². The zero-order valence-electron chi connectivity index (χ0n) is 15.7. The molecule has 126 valence electrons. The number of pyridine rings is 1. The normalized spacial score (nSPS) is 18.9. The lowest BCUT2D eigenvalue weighted by atomic mass is 9.77. The highest BCUT2D eigenvalue weighted by Crippen LogP contribution is 2.36. The molecule has 0 aliphatic carbocycles. The highest BCUT2D eigenvalue weighted by atomic mass is 16.7. The summed E-state index contributed by atoms with van der Waals surface area (Å²) in [7, 11) is -0.325. The van der Waals surface area contributed by atoms with E-state index in [0.717, 1.165) is 22.4 Å². The van der Waals surface area contributed by atoms with Crippen LogP contribution in [0.2, 0.25) is 0 Å². The molecule has 1 aliphatic heterocycles. The summed E-state index contributed by atoms with van der Waals surface area (Å²) in [4.78, 5) is 4.71. The van der Waals surface area contributed by atoms with E-state index in [4.69, 9.17) is 14.3 Å². The fraction of sp³-hybridized carbons (Fsp3) is 0.450. The monoisotopic (exact) mass is 323 g/mol. The molecular weight excluding hydrogens is 297 g/mol. The van der Waals surface area contributed by atoms with Crippen LogP contribution in [0.1, 0.15) is 44.5 Å². The third-order valence-corrected chi connectivity index (χ3v) is 5.27. The number of hydrogen-bond donors (Lipinski definition) is 0. The Labute approximate surface area is 145 Å². The summed E-state index contributed by atoms with van der Waals surface area (Å²) in [6.45, 7) is 14.6. The van der Waals surface area contributed by atoms with Crippen molar-refractivity contribution in [1.82, 2.24) is 4.98 Å².